The van der Waals surface area contributed by atoms with Crippen molar-refractivity contribution in [2.75, 3.05) is 0 Å². The van der Waals surface area contributed by atoms with Gasteiger partial charge in [-0.3, -0.25) is 0 Å². The van der Waals surface area contributed by atoms with Crippen molar-refractivity contribution < 1.29 is 23.2 Å². The maximum Gasteiger partial charge on any atom is 0.488 e. The SMILES string of the molecule is OB(O)c1ccc2c(C(CC(F)(F)F)c3ccccc3)c(-c3ccccc3)[nH]c2c1. The van der Waals surface area contributed by atoms with E-state index in [1.165, 1.54) is 6.07 Å². The Hall–Kier alpha value is -3.03. The van der Waals surface area contributed by atoms with Gasteiger partial charge in [0.15, 0.2) is 0 Å². The number of aromatic nitrogens is 1. The van der Waals surface area contributed by atoms with Crippen molar-refractivity contribution in [1.82, 2.24) is 4.98 Å². The predicted octanol–water partition coefficient (Wildman–Crippen LogP) is 4.60. The van der Waals surface area contributed by atoms with E-state index in [1.54, 1.807) is 42.5 Å². The minimum Gasteiger partial charge on any atom is -0.423 e. The molecule has 0 saturated heterocycles. The second-order valence-corrected chi connectivity index (χ2v) is 7.24. The Labute approximate surface area is 172 Å². The second kappa shape index (κ2) is 8.01. The Bertz CT molecular complexity index is 1140. The van der Waals surface area contributed by atoms with Crippen molar-refractivity contribution in [2.45, 2.75) is 18.5 Å². The van der Waals surface area contributed by atoms with Gasteiger partial charge in [0.2, 0.25) is 0 Å². The third-order valence-electron chi connectivity index (χ3n) is 5.21. The van der Waals surface area contributed by atoms with Crippen LogP contribution in [0.1, 0.15) is 23.5 Å². The lowest BCUT2D eigenvalue weighted by atomic mass is 9.79. The minimum atomic E-state index is -4.36. The van der Waals surface area contributed by atoms with E-state index in [9.17, 15) is 23.2 Å². The summed E-state index contributed by atoms with van der Waals surface area (Å²) in [6.45, 7) is 0. The summed E-state index contributed by atoms with van der Waals surface area (Å²) in [6.07, 6.45) is -5.37. The number of rotatable bonds is 5. The van der Waals surface area contributed by atoms with Gasteiger partial charge < -0.3 is 15.0 Å². The van der Waals surface area contributed by atoms with E-state index in [0.29, 0.717) is 27.7 Å². The van der Waals surface area contributed by atoms with E-state index < -0.39 is 25.6 Å². The second-order valence-electron chi connectivity index (χ2n) is 7.24. The Morgan fingerprint density at radius 1 is 0.867 bits per heavy atom. The highest BCUT2D eigenvalue weighted by atomic mass is 19.4. The Morgan fingerprint density at radius 3 is 2.10 bits per heavy atom. The molecule has 4 aromatic rings. The van der Waals surface area contributed by atoms with Crippen LogP contribution in [0.3, 0.4) is 0 Å². The summed E-state index contributed by atoms with van der Waals surface area (Å²) in [4.78, 5) is 3.22. The number of fused-ring (bicyclic) bond motifs is 1. The Morgan fingerprint density at radius 2 is 1.50 bits per heavy atom. The van der Waals surface area contributed by atoms with E-state index in [-0.39, 0.29) is 5.46 Å². The average molecular weight is 409 g/mol. The molecule has 0 saturated carbocycles. The van der Waals surface area contributed by atoms with Crippen LogP contribution in [0.5, 0.6) is 0 Å². The van der Waals surface area contributed by atoms with Crippen molar-refractivity contribution in [3.05, 3.63) is 90.0 Å². The molecule has 0 aliphatic carbocycles. The molecule has 0 radical (unpaired) electrons. The average Bonchev–Trinajstić information content (AvgIpc) is 3.11. The van der Waals surface area contributed by atoms with Crippen LogP contribution in [0.25, 0.3) is 22.2 Å². The molecule has 3 N–H and O–H groups in total. The number of halogens is 3. The molecule has 30 heavy (non-hydrogen) atoms. The topological polar surface area (TPSA) is 56.2 Å². The quantitative estimate of drug-likeness (QED) is 0.422. The lowest BCUT2D eigenvalue weighted by Crippen LogP contribution is -2.29. The van der Waals surface area contributed by atoms with E-state index in [0.717, 1.165) is 5.56 Å². The first-order valence-electron chi connectivity index (χ1n) is 9.52. The van der Waals surface area contributed by atoms with Gasteiger partial charge in [-0.2, -0.15) is 13.2 Å². The van der Waals surface area contributed by atoms with Gasteiger partial charge in [-0.15, -0.1) is 0 Å². The number of nitrogens with one attached hydrogen (secondary N) is 1. The van der Waals surface area contributed by atoms with Crippen molar-refractivity contribution in [3.63, 3.8) is 0 Å². The summed E-state index contributed by atoms with van der Waals surface area (Å²) in [7, 11) is -1.67. The zero-order chi connectivity index (χ0) is 21.3. The zero-order valence-electron chi connectivity index (χ0n) is 15.9. The van der Waals surface area contributed by atoms with Gasteiger partial charge in [-0.1, -0.05) is 72.8 Å². The first kappa shape index (κ1) is 20.3. The van der Waals surface area contributed by atoms with Gasteiger partial charge in [0.1, 0.15) is 0 Å². The number of H-pyrrole nitrogens is 1. The van der Waals surface area contributed by atoms with Crippen LogP contribution >= 0.6 is 0 Å². The molecule has 152 valence electrons. The fourth-order valence-corrected chi connectivity index (χ4v) is 3.90. The summed E-state index contributed by atoms with van der Waals surface area (Å²) in [6, 6.07) is 22.6. The summed E-state index contributed by atoms with van der Waals surface area (Å²) in [5, 5.41) is 19.6. The maximum atomic E-state index is 13.6. The number of hydrogen-bond donors (Lipinski definition) is 3. The molecule has 3 nitrogen and oxygen atoms in total. The van der Waals surface area contributed by atoms with Crippen LogP contribution < -0.4 is 5.46 Å². The highest BCUT2D eigenvalue weighted by molar-refractivity contribution is 6.58. The summed E-state index contributed by atoms with van der Waals surface area (Å²) < 4.78 is 40.8. The van der Waals surface area contributed by atoms with Gasteiger partial charge in [0.25, 0.3) is 0 Å². The molecule has 3 aromatic carbocycles. The van der Waals surface area contributed by atoms with E-state index in [2.05, 4.69) is 4.98 Å². The normalized spacial score (nSPS) is 12.8. The number of benzene rings is 3. The summed E-state index contributed by atoms with van der Waals surface area (Å²) >= 11 is 0. The molecule has 0 aliphatic heterocycles. The van der Waals surface area contributed by atoms with Crippen molar-refractivity contribution in [3.8, 4) is 11.3 Å². The Balaban J connectivity index is 2.00. The van der Waals surface area contributed by atoms with Crippen LogP contribution in [0.2, 0.25) is 0 Å². The van der Waals surface area contributed by atoms with Gasteiger partial charge >= 0.3 is 13.3 Å². The summed E-state index contributed by atoms with van der Waals surface area (Å²) in [5.74, 6) is -0.917. The third kappa shape index (κ3) is 4.13. The van der Waals surface area contributed by atoms with Crippen LogP contribution in [0.4, 0.5) is 13.2 Å². The first-order valence-corrected chi connectivity index (χ1v) is 9.52. The maximum absolute atomic E-state index is 13.6. The predicted molar refractivity (Wildman–Crippen MR) is 113 cm³/mol. The number of hydrogen-bond acceptors (Lipinski definition) is 2. The third-order valence-corrected chi connectivity index (χ3v) is 5.21. The number of aromatic amines is 1. The van der Waals surface area contributed by atoms with Crippen molar-refractivity contribution >= 4 is 23.5 Å². The van der Waals surface area contributed by atoms with E-state index in [1.807, 2.05) is 30.3 Å². The molecule has 1 heterocycles. The van der Waals surface area contributed by atoms with Crippen LogP contribution in [0.15, 0.2) is 78.9 Å². The van der Waals surface area contributed by atoms with Gasteiger partial charge in [-0.25, -0.2) is 0 Å². The van der Waals surface area contributed by atoms with Crippen molar-refractivity contribution in [1.29, 1.82) is 0 Å². The standard InChI is InChI=1S/C23H19BF3NO2/c25-23(26,27)14-19(15-7-3-1-4-8-15)21-18-12-11-17(24(29)30)13-20(18)28-22(21)16-9-5-2-6-10-16/h1-13,19,28-30H,14H2. The molecular weight excluding hydrogens is 390 g/mol. The fourth-order valence-electron chi connectivity index (χ4n) is 3.90. The number of alkyl halides is 3. The minimum absolute atomic E-state index is 0.266. The molecule has 1 unspecified atom stereocenters. The van der Waals surface area contributed by atoms with Gasteiger partial charge in [0, 0.05) is 16.8 Å². The molecule has 7 heteroatoms. The first-order chi connectivity index (χ1) is 14.3. The Kier molecular flexibility index (Phi) is 5.41. The molecule has 1 aromatic heterocycles. The molecule has 0 spiro atoms. The fraction of sp³-hybridized carbons (Fsp3) is 0.130. The van der Waals surface area contributed by atoms with Gasteiger partial charge in [0.05, 0.1) is 12.1 Å². The lowest BCUT2D eigenvalue weighted by molar-refractivity contribution is -0.136. The van der Waals surface area contributed by atoms with E-state index in [4.69, 9.17) is 0 Å². The molecule has 0 amide bonds. The molecule has 1 atom stereocenters. The largest absolute Gasteiger partial charge is 0.488 e. The van der Waals surface area contributed by atoms with Crippen LogP contribution in [0, 0.1) is 0 Å². The molecule has 0 bridgehead atoms. The smallest absolute Gasteiger partial charge is 0.423 e. The van der Waals surface area contributed by atoms with Gasteiger partial charge in [-0.05, 0) is 28.2 Å². The molecule has 4 rings (SSSR count). The van der Waals surface area contributed by atoms with E-state index >= 15 is 0 Å². The summed E-state index contributed by atoms with van der Waals surface area (Å²) in [5.41, 5.74) is 3.28. The monoisotopic (exact) mass is 409 g/mol. The zero-order valence-corrected chi connectivity index (χ0v) is 15.9. The highest BCUT2D eigenvalue weighted by Crippen LogP contribution is 2.43. The molecular formula is C23H19BF3NO2. The lowest BCUT2D eigenvalue weighted by Gasteiger charge is -2.21. The molecule has 0 aliphatic rings. The van der Waals surface area contributed by atoms with Crippen molar-refractivity contribution in [2.24, 2.45) is 0 Å². The van der Waals surface area contributed by atoms with Crippen LogP contribution in [-0.2, 0) is 0 Å². The highest BCUT2D eigenvalue weighted by Gasteiger charge is 2.36. The van der Waals surface area contributed by atoms with Crippen LogP contribution in [-0.4, -0.2) is 28.3 Å². The molecule has 0 fully saturated rings.